The minimum absolute atomic E-state index is 0.0801. The molecule has 0 saturated carbocycles. The number of hydrogen-bond donors (Lipinski definition) is 2. The number of H-pyrrole nitrogens is 1. The standard InChI is InChI=1S/C19H19N3O3/c1-12(13-7-5-6-10-17(13)25-2)20-18(23)11-16-14-8-3-4-9-15(14)19(24)22-21-16/h3-10,12H,11H2,1-2H3,(H,20,23)(H,22,24). The Morgan fingerprint density at radius 1 is 1.16 bits per heavy atom. The van der Waals surface area contributed by atoms with E-state index in [1.165, 1.54) is 0 Å². The summed E-state index contributed by atoms with van der Waals surface area (Å²) in [5, 5.41) is 10.6. The van der Waals surface area contributed by atoms with Crippen molar-refractivity contribution in [2.45, 2.75) is 19.4 Å². The van der Waals surface area contributed by atoms with Crippen LogP contribution >= 0.6 is 0 Å². The molecule has 2 N–H and O–H groups in total. The van der Waals surface area contributed by atoms with Crippen molar-refractivity contribution < 1.29 is 9.53 Å². The molecule has 3 aromatic rings. The van der Waals surface area contributed by atoms with E-state index in [0.717, 1.165) is 11.3 Å². The molecule has 0 aliphatic rings. The number of ether oxygens (including phenoxy) is 1. The predicted molar refractivity (Wildman–Crippen MR) is 95.6 cm³/mol. The van der Waals surface area contributed by atoms with Crippen LogP contribution in [-0.2, 0) is 11.2 Å². The Hall–Kier alpha value is -3.15. The van der Waals surface area contributed by atoms with Crippen LogP contribution < -0.4 is 15.6 Å². The lowest BCUT2D eigenvalue weighted by Gasteiger charge is -2.17. The molecule has 1 amide bonds. The highest BCUT2D eigenvalue weighted by Crippen LogP contribution is 2.24. The number of amides is 1. The van der Waals surface area contributed by atoms with E-state index < -0.39 is 0 Å². The van der Waals surface area contributed by atoms with E-state index >= 15 is 0 Å². The first-order valence-corrected chi connectivity index (χ1v) is 7.98. The van der Waals surface area contributed by atoms with Crippen LogP contribution in [0.1, 0.15) is 24.2 Å². The van der Waals surface area contributed by atoms with E-state index in [0.29, 0.717) is 16.5 Å². The van der Waals surface area contributed by atoms with E-state index in [9.17, 15) is 9.59 Å². The molecule has 0 spiro atoms. The molecular formula is C19H19N3O3. The molecule has 0 fully saturated rings. The molecule has 25 heavy (non-hydrogen) atoms. The lowest BCUT2D eigenvalue weighted by molar-refractivity contribution is -0.121. The first-order valence-electron chi connectivity index (χ1n) is 7.98. The minimum Gasteiger partial charge on any atom is -0.496 e. The number of para-hydroxylation sites is 1. The molecule has 0 radical (unpaired) electrons. The molecule has 1 atom stereocenters. The zero-order chi connectivity index (χ0) is 17.8. The molecule has 6 nitrogen and oxygen atoms in total. The summed E-state index contributed by atoms with van der Waals surface area (Å²) in [5.74, 6) is 0.547. The number of methoxy groups -OCH3 is 1. The molecule has 2 aromatic carbocycles. The number of aromatic nitrogens is 2. The topological polar surface area (TPSA) is 84.1 Å². The number of rotatable bonds is 5. The number of carbonyl (C=O) groups is 1. The van der Waals surface area contributed by atoms with Gasteiger partial charge in [0.05, 0.1) is 30.7 Å². The molecule has 128 valence electrons. The molecule has 0 aliphatic carbocycles. The summed E-state index contributed by atoms with van der Waals surface area (Å²) < 4.78 is 5.33. The molecular weight excluding hydrogens is 318 g/mol. The van der Waals surface area contributed by atoms with Gasteiger partial charge in [-0.1, -0.05) is 36.4 Å². The van der Waals surface area contributed by atoms with Gasteiger partial charge in [-0.3, -0.25) is 9.59 Å². The average molecular weight is 337 g/mol. The van der Waals surface area contributed by atoms with Gasteiger partial charge in [-0.05, 0) is 19.1 Å². The van der Waals surface area contributed by atoms with Crippen molar-refractivity contribution in [1.29, 1.82) is 0 Å². The fourth-order valence-corrected chi connectivity index (χ4v) is 2.85. The number of benzene rings is 2. The van der Waals surface area contributed by atoms with E-state index in [1.54, 1.807) is 25.3 Å². The van der Waals surface area contributed by atoms with E-state index in [-0.39, 0.29) is 23.9 Å². The summed E-state index contributed by atoms with van der Waals surface area (Å²) in [5.41, 5.74) is 1.18. The lowest BCUT2D eigenvalue weighted by atomic mass is 10.1. The summed E-state index contributed by atoms with van der Waals surface area (Å²) in [6.45, 7) is 1.90. The summed E-state index contributed by atoms with van der Waals surface area (Å²) in [6, 6.07) is 14.5. The zero-order valence-electron chi connectivity index (χ0n) is 14.1. The summed E-state index contributed by atoms with van der Waals surface area (Å²) >= 11 is 0. The third-order valence-electron chi connectivity index (χ3n) is 4.09. The number of aromatic amines is 1. The average Bonchev–Trinajstić information content (AvgIpc) is 2.64. The SMILES string of the molecule is COc1ccccc1C(C)NC(=O)Cc1n[nH]c(=O)c2ccccc12. The van der Waals surface area contributed by atoms with Gasteiger partial charge >= 0.3 is 0 Å². The Labute approximate surface area is 144 Å². The van der Waals surface area contributed by atoms with Crippen molar-refractivity contribution in [1.82, 2.24) is 15.5 Å². The maximum absolute atomic E-state index is 12.4. The molecule has 0 aliphatic heterocycles. The number of nitrogens with zero attached hydrogens (tertiary/aromatic N) is 1. The second-order valence-electron chi connectivity index (χ2n) is 5.75. The van der Waals surface area contributed by atoms with E-state index in [1.807, 2.05) is 37.3 Å². The van der Waals surface area contributed by atoms with Crippen LogP contribution in [0.4, 0.5) is 0 Å². The number of fused-ring (bicyclic) bond motifs is 1. The van der Waals surface area contributed by atoms with E-state index in [4.69, 9.17) is 4.74 Å². The molecule has 1 heterocycles. The zero-order valence-corrected chi connectivity index (χ0v) is 14.1. The van der Waals surface area contributed by atoms with Crippen LogP contribution in [0.3, 0.4) is 0 Å². The Balaban J connectivity index is 1.79. The second-order valence-corrected chi connectivity index (χ2v) is 5.75. The lowest BCUT2D eigenvalue weighted by Crippen LogP contribution is -2.29. The van der Waals surface area contributed by atoms with Crippen LogP contribution in [0.25, 0.3) is 10.8 Å². The largest absolute Gasteiger partial charge is 0.496 e. The van der Waals surface area contributed by atoms with E-state index in [2.05, 4.69) is 15.5 Å². The van der Waals surface area contributed by atoms with Gasteiger partial charge in [-0.25, -0.2) is 5.10 Å². The summed E-state index contributed by atoms with van der Waals surface area (Å²) in [4.78, 5) is 24.3. The summed E-state index contributed by atoms with van der Waals surface area (Å²) in [7, 11) is 1.60. The van der Waals surface area contributed by atoms with Gasteiger partial charge < -0.3 is 10.1 Å². The Bertz CT molecular complexity index is 965. The summed E-state index contributed by atoms with van der Waals surface area (Å²) in [6.07, 6.45) is 0.0801. The van der Waals surface area contributed by atoms with Crippen molar-refractivity contribution in [3.8, 4) is 5.75 Å². The van der Waals surface area contributed by atoms with Crippen LogP contribution in [0.15, 0.2) is 53.3 Å². The normalized spacial score (nSPS) is 11.9. The predicted octanol–water partition coefficient (Wildman–Crippen LogP) is 2.35. The Morgan fingerprint density at radius 2 is 1.84 bits per heavy atom. The molecule has 6 heteroatoms. The highest BCUT2D eigenvalue weighted by atomic mass is 16.5. The minimum atomic E-state index is -0.262. The van der Waals surface area contributed by atoms with Gasteiger partial charge in [0.2, 0.25) is 5.91 Å². The third kappa shape index (κ3) is 3.52. The van der Waals surface area contributed by atoms with Crippen LogP contribution in [0.5, 0.6) is 5.75 Å². The molecule has 0 bridgehead atoms. The molecule has 1 unspecified atom stereocenters. The van der Waals surface area contributed by atoms with Crippen LogP contribution in [0, 0.1) is 0 Å². The van der Waals surface area contributed by atoms with Crippen molar-refractivity contribution in [2.24, 2.45) is 0 Å². The molecule has 1 aromatic heterocycles. The highest BCUT2D eigenvalue weighted by Gasteiger charge is 2.16. The molecule has 3 rings (SSSR count). The quantitative estimate of drug-likeness (QED) is 0.748. The highest BCUT2D eigenvalue weighted by molar-refractivity contribution is 5.88. The first-order chi connectivity index (χ1) is 12.1. The maximum atomic E-state index is 12.4. The van der Waals surface area contributed by atoms with Crippen LogP contribution in [0.2, 0.25) is 0 Å². The maximum Gasteiger partial charge on any atom is 0.272 e. The van der Waals surface area contributed by atoms with Crippen molar-refractivity contribution in [2.75, 3.05) is 7.11 Å². The fraction of sp³-hybridized carbons (Fsp3) is 0.211. The number of hydrogen-bond acceptors (Lipinski definition) is 4. The second kappa shape index (κ2) is 7.17. The van der Waals surface area contributed by atoms with Crippen molar-refractivity contribution in [3.63, 3.8) is 0 Å². The monoisotopic (exact) mass is 337 g/mol. The first kappa shape index (κ1) is 16.7. The smallest absolute Gasteiger partial charge is 0.272 e. The Morgan fingerprint density at radius 3 is 2.60 bits per heavy atom. The molecule has 0 saturated heterocycles. The van der Waals surface area contributed by atoms with Crippen LogP contribution in [-0.4, -0.2) is 23.2 Å². The van der Waals surface area contributed by atoms with Gasteiger partial charge in [0.15, 0.2) is 0 Å². The fourth-order valence-electron chi connectivity index (χ4n) is 2.85. The van der Waals surface area contributed by atoms with Crippen molar-refractivity contribution in [3.05, 3.63) is 70.1 Å². The number of nitrogens with one attached hydrogen (secondary N) is 2. The Kier molecular flexibility index (Phi) is 4.79. The van der Waals surface area contributed by atoms with Gasteiger partial charge in [-0.15, -0.1) is 0 Å². The van der Waals surface area contributed by atoms with Gasteiger partial charge in [-0.2, -0.15) is 5.10 Å². The van der Waals surface area contributed by atoms with Gasteiger partial charge in [0.1, 0.15) is 5.75 Å². The third-order valence-corrected chi connectivity index (χ3v) is 4.09. The number of carbonyl (C=O) groups excluding carboxylic acids is 1. The van der Waals surface area contributed by atoms with Gasteiger partial charge in [0.25, 0.3) is 5.56 Å². The van der Waals surface area contributed by atoms with Crippen molar-refractivity contribution >= 4 is 16.7 Å². The van der Waals surface area contributed by atoms with Gasteiger partial charge in [0, 0.05) is 10.9 Å².